The van der Waals surface area contributed by atoms with E-state index in [-0.39, 0.29) is 11.9 Å². The molecule has 0 unspecified atom stereocenters. The van der Waals surface area contributed by atoms with Gasteiger partial charge in [-0.05, 0) is 26.7 Å². The summed E-state index contributed by atoms with van der Waals surface area (Å²) in [5.74, 6) is 1.49. The minimum atomic E-state index is -0.00817. The monoisotopic (exact) mass is 241 g/mol. The number of nitrogens with zero attached hydrogens (tertiary/aromatic N) is 2. The van der Waals surface area contributed by atoms with Crippen LogP contribution in [0.4, 0.5) is 0 Å². The van der Waals surface area contributed by atoms with E-state index in [1.165, 1.54) is 11.8 Å². The number of thioether (sulfide) groups is 1. The molecule has 0 bridgehead atoms. The van der Waals surface area contributed by atoms with E-state index in [1.807, 2.05) is 13.8 Å². The van der Waals surface area contributed by atoms with E-state index < -0.39 is 0 Å². The van der Waals surface area contributed by atoms with Crippen LogP contribution in [0.2, 0.25) is 0 Å². The number of carbonyl (C=O) groups is 1. The van der Waals surface area contributed by atoms with Crippen molar-refractivity contribution in [2.45, 2.75) is 43.9 Å². The highest BCUT2D eigenvalue weighted by Gasteiger charge is 2.29. The van der Waals surface area contributed by atoms with Crippen molar-refractivity contribution in [2.24, 2.45) is 0 Å². The number of carbonyl (C=O) groups excluding carboxylic acids is 1. The molecule has 1 N–H and O–H groups in total. The first-order valence-corrected chi connectivity index (χ1v) is 6.39. The second-order valence-electron chi connectivity index (χ2n) is 4.19. The molecule has 1 aliphatic carbocycles. The van der Waals surface area contributed by atoms with Gasteiger partial charge in [0.1, 0.15) is 0 Å². The first-order valence-electron chi connectivity index (χ1n) is 5.40. The quantitative estimate of drug-likeness (QED) is 0.792. The second kappa shape index (κ2) is 4.86. The number of aromatic nitrogens is 2. The van der Waals surface area contributed by atoms with Crippen molar-refractivity contribution in [3.8, 4) is 0 Å². The van der Waals surface area contributed by atoms with Crippen LogP contribution in [0, 0.1) is 0 Å². The van der Waals surface area contributed by atoms with Gasteiger partial charge < -0.3 is 9.73 Å². The Morgan fingerprint density at radius 1 is 1.56 bits per heavy atom. The topological polar surface area (TPSA) is 68.0 Å². The fourth-order valence-corrected chi connectivity index (χ4v) is 1.85. The molecule has 0 spiro atoms. The lowest BCUT2D eigenvalue weighted by molar-refractivity contribution is -0.119. The molecule has 1 fully saturated rings. The molecule has 6 heteroatoms. The standard InChI is InChI=1S/C10H15N3O2S/c1-6(2)11-8(14)5-16-10-13-12-9(15-10)7-3-4-7/h6-7H,3-5H2,1-2H3,(H,11,14). The van der Waals surface area contributed by atoms with E-state index in [1.54, 1.807) is 0 Å². The summed E-state index contributed by atoms with van der Waals surface area (Å²) < 4.78 is 5.42. The summed E-state index contributed by atoms with van der Waals surface area (Å²) in [6.07, 6.45) is 2.28. The maximum atomic E-state index is 11.4. The summed E-state index contributed by atoms with van der Waals surface area (Å²) in [5.41, 5.74) is 0. The number of hydrogen-bond donors (Lipinski definition) is 1. The molecule has 16 heavy (non-hydrogen) atoms. The van der Waals surface area contributed by atoms with Crippen molar-refractivity contribution in [2.75, 3.05) is 5.75 Å². The summed E-state index contributed by atoms with van der Waals surface area (Å²) in [7, 11) is 0. The lowest BCUT2D eigenvalue weighted by atomic mass is 10.4. The van der Waals surface area contributed by atoms with Gasteiger partial charge in [0, 0.05) is 12.0 Å². The van der Waals surface area contributed by atoms with Crippen molar-refractivity contribution in [3.05, 3.63) is 5.89 Å². The van der Waals surface area contributed by atoms with Crippen LogP contribution in [0.15, 0.2) is 9.64 Å². The Morgan fingerprint density at radius 2 is 2.31 bits per heavy atom. The Hall–Kier alpha value is -1.04. The van der Waals surface area contributed by atoms with Crippen LogP contribution < -0.4 is 5.32 Å². The van der Waals surface area contributed by atoms with Crippen molar-refractivity contribution in [3.63, 3.8) is 0 Å². The van der Waals surface area contributed by atoms with E-state index in [0.29, 0.717) is 22.8 Å². The zero-order chi connectivity index (χ0) is 11.5. The number of nitrogens with one attached hydrogen (secondary N) is 1. The fraction of sp³-hybridized carbons (Fsp3) is 0.700. The Balaban J connectivity index is 1.77. The van der Waals surface area contributed by atoms with Gasteiger partial charge in [-0.3, -0.25) is 4.79 Å². The van der Waals surface area contributed by atoms with Crippen LogP contribution in [0.25, 0.3) is 0 Å². The molecule has 0 atom stereocenters. The fourth-order valence-electron chi connectivity index (χ4n) is 1.26. The SMILES string of the molecule is CC(C)NC(=O)CSc1nnc(C2CC2)o1. The third kappa shape index (κ3) is 3.23. The van der Waals surface area contributed by atoms with Crippen molar-refractivity contribution in [1.82, 2.24) is 15.5 Å². The molecule has 1 saturated carbocycles. The molecule has 2 rings (SSSR count). The molecule has 1 amide bonds. The lowest BCUT2D eigenvalue weighted by Gasteiger charge is -2.06. The van der Waals surface area contributed by atoms with Gasteiger partial charge in [0.25, 0.3) is 5.22 Å². The Bertz CT molecular complexity index is 374. The normalized spacial score (nSPS) is 15.4. The van der Waals surface area contributed by atoms with E-state index in [2.05, 4.69) is 15.5 Å². The van der Waals surface area contributed by atoms with Crippen LogP contribution in [0.5, 0.6) is 0 Å². The minimum Gasteiger partial charge on any atom is -0.416 e. The lowest BCUT2D eigenvalue weighted by Crippen LogP contribution is -2.31. The van der Waals surface area contributed by atoms with Gasteiger partial charge in [0.2, 0.25) is 11.8 Å². The third-order valence-corrected chi connectivity index (χ3v) is 2.94. The first kappa shape index (κ1) is 11.4. The molecule has 1 aromatic rings. The van der Waals surface area contributed by atoms with Gasteiger partial charge in [-0.15, -0.1) is 10.2 Å². The van der Waals surface area contributed by atoms with Gasteiger partial charge in [-0.1, -0.05) is 11.8 Å². The van der Waals surface area contributed by atoms with Gasteiger partial charge in [-0.25, -0.2) is 0 Å². The van der Waals surface area contributed by atoms with Crippen molar-refractivity contribution < 1.29 is 9.21 Å². The van der Waals surface area contributed by atoms with Crippen LogP contribution in [0.1, 0.15) is 38.5 Å². The molecule has 0 radical (unpaired) electrons. The maximum Gasteiger partial charge on any atom is 0.277 e. The smallest absolute Gasteiger partial charge is 0.277 e. The van der Waals surface area contributed by atoms with Gasteiger partial charge in [0.15, 0.2) is 0 Å². The third-order valence-electron chi connectivity index (χ3n) is 2.13. The number of rotatable bonds is 5. The minimum absolute atomic E-state index is 0.00817. The van der Waals surface area contributed by atoms with Gasteiger partial charge in [0.05, 0.1) is 5.75 Å². The van der Waals surface area contributed by atoms with E-state index in [9.17, 15) is 4.79 Å². The summed E-state index contributed by atoms with van der Waals surface area (Å²) >= 11 is 1.28. The highest BCUT2D eigenvalue weighted by molar-refractivity contribution is 7.99. The molecular weight excluding hydrogens is 226 g/mol. The molecule has 1 heterocycles. The maximum absolute atomic E-state index is 11.4. The van der Waals surface area contributed by atoms with E-state index >= 15 is 0 Å². The Morgan fingerprint density at radius 3 is 2.94 bits per heavy atom. The highest BCUT2D eigenvalue weighted by Crippen LogP contribution is 2.39. The predicted octanol–water partition coefficient (Wildman–Crippen LogP) is 1.56. The van der Waals surface area contributed by atoms with Crippen LogP contribution in [0.3, 0.4) is 0 Å². The largest absolute Gasteiger partial charge is 0.416 e. The van der Waals surface area contributed by atoms with Crippen molar-refractivity contribution >= 4 is 17.7 Å². The average Bonchev–Trinajstić information content (AvgIpc) is 2.94. The summed E-state index contributed by atoms with van der Waals surface area (Å²) in [6.45, 7) is 3.86. The zero-order valence-electron chi connectivity index (χ0n) is 9.40. The molecule has 1 aromatic heterocycles. The van der Waals surface area contributed by atoms with Crippen LogP contribution in [-0.4, -0.2) is 27.9 Å². The zero-order valence-corrected chi connectivity index (χ0v) is 10.2. The van der Waals surface area contributed by atoms with E-state index in [0.717, 1.165) is 12.8 Å². The second-order valence-corrected chi connectivity index (χ2v) is 5.12. The van der Waals surface area contributed by atoms with Gasteiger partial charge >= 0.3 is 0 Å². The molecular formula is C10H15N3O2S. The number of hydrogen-bond acceptors (Lipinski definition) is 5. The van der Waals surface area contributed by atoms with Crippen molar-refractivity contribution in [1.29, 1.82) is 0 Å². The van der Waals surface area contributed by atoms with E-state index in [4.69, 9.17) is 4.42 Å². The Labute approximate surface area is 98.4 Å². The predicted molar refractivity (Wildman–Crippen MR) is 60.3 cm³/mol. The van der Waals surface area contributed by atoms with Crippen LogP contribution in [-0.2, 0) is 4.79 Å². The molecule has 88 valence electrons. The molecule has 1 aliphatic rings. The summed E-state index contributed by atoms with van der Waals surface area (Å²) in [4.78, 5) is 11.4. The van der Waals surface area contributed by atoms with Crippen LogP contribution >= 0.6 is 11.8 Å². The summed E-state index contributed by atoms with van der Waals surface area (Å²) in [5, 5.41) is 11.1. The molecule has 0 aliphatic heterocycles. The summed E-state index contributed by atoms with van der Waals surface area (Å²) in [6, 6.07) is 0.165. The number of amides is 1. The highest BCUT2D eigenvalue weighted by atomic mass is 32.2. The molecule has 0 saturated heterocycles. The van der Waals surface area contributed by atoms with Gasteiger partial charge in [-0.2, -0.15) is 0 Å². The Kier molecular flexibility index (Phi) is 3.48. The first-order chi connectivity index (χ1) is 7.65. The molecule has 5 nitrogen and oxygen atoms in total. The molecule has 0 aromatic carbocycles. The average molecular weight is 241 g/mol.